The standard InChI is InChI=1S/C20H25N3O2S/c1-22(2)18(16-8-9-26-14-16)11-21-20(25)17-10-19(24)23(13-17)12-15-6-4-3-5-7-15/h3-9,14,17-18H,10-13H2,1-2H3,(H,21,25)/t17-,18+/m0/s1. The van der Waals surface area contributed by atoms with E-state index in [9.17, 15) is 9.59 Å². The summed E-state index contributed by atoms with van der Waals surface area (Å²) >= 11 is 1.66. The van der Waals surface area contributed by atoms with Gasteiger partial charge in [-0.15, -0.1) is 0 Å². The van der Waals surface area contributed by atoms with E-state index in [4.69, 9.17) is 0 Å². The van der Waals surface area contributed by atoms with Crippen LogP contribution < -0.4 is 5.32 Å². The SMILES string of the molecule is CN(C)[C@H](CNC(=O)[C@H]1CC(=O)N(Cc2ccccc2)C1)c1ccsc1. The van der Waals surface area contributed by atoms with Gasteiger partial charge in [0.1, 0.15) is 0 Å². The largest absolute Gasteiger partial charge is 0.354 e. The number of likely N-dealkylation sites (tertiary alicyclic amines) is 1. The lowest BCUT2D eigenvalue weighted by atomic mass is 10.1. The first-order valence-electron chi connectivity index (χ1n) is 8.82. The highest BCUT2D eigenvalue weighted by Gasteiger charge is 2.34. The van der Waals surface area contributed by atoms with Crippen LogP contribution >= 0.6 is 11.3 Å². The summed E-state index contributed by atoms with van der Waals surface area (Å²) in [4.78, 5) is 28.7. The zero-order valence-electron chi connectivity index (χ0n) is 15.2. The molecule has 1 aromatic carbocycles. The van der Waals surface area contributed by atoms with Gasteiger partial charge in [0, 0.05) is 26.1 Å². The van der Waals surface area contributed by atoms with Gasteiger partial charge in [-0.3, -0.25) is 9.59 Å². The number of nitrogens with zero attached hydrogens (tertiary/aromatic N) is 2. The number of amides is 2. The van der Waals surface area contributed by atoms with Gasteiger partial charge in [-0.25, -0.2) is 0 Å². The summed E-state index contributed by atoms with van der Waals surface area (Å²) in [5.41, 5.74) is 2.29. The normalized spacial score (nSPS) is 18.3. The summed E-state index contributed by atoms with van der Waals surface area (Å²) in [7, 11) is 4.02. The Kier molecular flexibility index (Phi) is 6.06. The number of nitrogens with one attached hydrogen (secondary N) is 1. The smallest absolute Gasteiger partial charge is 0.225 e. The molecule has 26 heavy (non-hydrogen) atoms. The fourth-order valence-electron chi connectivity index (χ4n) is 3.31. The Morgan fingerprint density at radius 2 is 2.08 bits per heavy atom. The molecule has 1 aromatic heterocycles. The number of rotatable bonds is 7. The maximum Gasteiger partial charge on any atom is 0.225 e. The van der Waals surface area contributed by atoms with Crippen molar-refractivity contribution >= 4 is 23.2 Å². The van der Waals surface area contributed by atoms with E-state index < -0.39 is 0 Å². The molecule has 0 radical (unpaired) electrons. The number of carbonyl (C=O) groups is 2. The third-order valence-electron chi connectivity index (χ3n) is 4.82. The molecule has 0 unspecified atom stereocenters. The number of hydrogen-bond donors (Lipinski definition) is 1. The summed E-state index contributed by atoms with van der Waals surface area (Å²) in [6, 6.07) is 12.1. The summed E-state index contributed by atoms with van der Waals surface area (Å²) in [6.07, 6.45) is 0.295. The van der Waals surface area contributed by atoms with E-state index in [-0.39, 0.29) is 23.8 Å². The topological polar surface area (TPSA) is 52.7 Å². The molecule has 6 heteroatoms. The lowest BCUT2D eigenvalue weighted by molar-refractivity contribution is -0.129. The van der Waals surface area contributed by atoms with Crippen LogP contribution in [0.25, 0.3) is 0 Å². The van der Waals surface area contributed by atoms with Crippen LogP contribution in [0.3, 0.4) is 0 Å². The molecule has 0 aliphatic carbocycles. The predicted octanol–water partition coefficient (Wildman–Crippen LogP) is 2.52. The fraction of sp³-hybridized carbons (Fsp3) is 0.400. The third kappa shape index (κ3) is 4.51. The molecule has 1 aliphatic rings. The minimum atomic E-state index is -0.267. The Hall–Kier alpha value is -2.18. The van der Waals surface area contributed by atoms with E-state index in [2.05, 4.69) is 21.7 Å². The fourth-order valence-corrected chi connectivity index (χ4v) is 4.02. The second-order valence-electron chi connectivity index (χ2n) is 6.94. The average molecular weight is 372 g/mol. The van der Waals surface area contributed by atoms with Gasteiger partial charge in [0.2, 0.25) is 11.8 Å². The summed E-state index contributed by atoms with van der Waals surface area (Å²) in [5, 5.41) is 7.20. The predicted molar refractivity (Wildman–Crippen MR) is 104 cm³/mol. The van der Waals surface area contributed by atoms with Gasteiger partial charge < -0.3 is 15.1 Å². The lowest BCUT2D eigenvalue weighted by Gasteiger charge is -2.24. The van der Waals surface area contributed by atoms with Crippen molar-refractivity contribution in [3.05, 3.63) is 58.3 Å². The van der Waals surface area contributed by atoms with Crippen LogP contribution in [0.15, 0.2) is 47.2 Å². The van der Waals surface area contributed by atoms with Crippen LogP contribution in [-0.2, 0) is 16.1 Å². The van der Waals surface area contributed by atoms with Gasteiger partial charge in [0.25, 0.3) is 0 Å². The van der Waals surface area contributed by atoms with Gasteiger partial charge in [-0.1, -0.05) is 30.3 Å². The third-order valence-corrected chi connectivity index (χ3v) is 5.52. The van der Waals surface area contributed by atoms with E-state index in [1.54, 1.807) is 16.2 Å². The molecule has 2 atom stereocenters. The zero-order valence-corrected chi connectivity index (χ0v) is 16.0. The molecule has 138 valence electrons. The highest BCUT2D eigenvalue weighted by Crippen LogP contribution is 2.22. The van der Waals surface area contributed by atoms with Crippen LogP contribution in [0.2, 0.25) is 0 Å². The number of hydrogen-bond acceptors (Lipinski definition) is 4. The molecule has 0 saturated carbocycles. The number of carbonyl (C=O) groups excluding carboxylic acids is 2. The van der Waals surface area contributed by atoms with Gasteiger partial charge in [0.05, 0.1) is 12.0 Å². The van der Waals surface area contributed by atoms with Crippen LogP contribution in [0.5, 0.6) is 0 Å². The zero-order chi connectivity index (χ0) is 18.5. The van der Waals surface area contributed by atoms with Crippen molar-refractivity contribution in [3.63, 3.8) is 0 Å². The van der Waals surface area contributed by atoms with Gasteiger partial charge in [0.15, 0.2) is 0 Å². The molecule has 3 rings (SSSR count). The second kappa shape index (κ2) is 8.47. The van der Waals surface area contributed by atoms with Crippen molar-refractivity contribution in [2.24, 2.45) is 5.92 Å². The average Bonchev–Trinajstić information content (AvgIpc) is 3.26. The molecule has 0 spiro atoms. The number of likely N-dealkylation sites (N-methyl/N-ethyl adjacent to an activating group) is 1. The Balaban J connectivity index is 1.54. The maximum atomic E-state index is 12.6. The van der Waals surface area contributed by atoms with E-state index >= 15 is 0 Å². The van der Waals surface area contributed by atoms with Crippen molar-refractivity contribution in [1.29, 1.82) is 0 Å². The summed E-state index contributed by atoms with van der Waals surface area (Å²) < 4.78 is 0. The molecule has 2 amide bonds. The Morgan fingerprint density at radius 1 is 1.31 bits per heavy atom. The van der Waals surface area contributed by atoms with E-state index in [0.29, 0.717) is 26.1 Å². The van der Waals surface area contributed by atoms with Crippen molar-refractivity contribution in [2.45, 2.75) is 19.0 Å². The molecule has 1 N–H and O–H groups in total. The lowest BCUT2D eigenvalue weighted by Crippen LogP contribution is -2.38. The molecular weight excluding hydrogens is 346 g/mol. The van der Waals surface area contributed by atoms with Crippen LogP contribution in [0.4, 0.5) is 0 Å². The van der Waals surface area contributed by atoms with E-state index in [1.165, 1.54) is 5.56 Å². The molecular formula is C20H25N3O2S. The van der Waals surface area contributed by atoms with Crippen molar-refractivity contribution in [3.8, 4) is 0 Å². The molecule has 1 aliphatic heterocycles. The minimum Gasteiger partial charge on any atom is -0.354 e. The molecule has 5 nitrogen and oxygen atoms in total. The van der Waals surface area contributed by atoms with E-state index in [1.807, 2.05) is 49.8 Å². The quantitative estimate of drug-likeness (QED) is 0.814. The minimum absolute atomic E-state index is 0.0315. The van der Waals surface area contributed by atoms with Crippen molar-refractivity contribution < 1.29 is 9.59 Å². The summed E-state index contributed by atoms with van der Waals surface area (Å²) in [6.45, 7) is 1.61. The number of thiophene rings is 1. The number of benzene rings is 1. The van der Waals surface area contributed by atoms with Crippen LogP contribution in [0.1, 0.15) is 23.6 Å². The highest BCUT2D eigenvalue weighted by molar-refractivity contribution is 7.07. The van der Waals surface area contributed by atoms with Crippen LogP contribution in [-0.4, -0.2) is 48.8 Å². The monoisotopic (exact) mass is 371 g/mol. The first kappa shape index (κ1) is 18.6. The first-order chi connectivity index (χ1) is 12.5. The van der Waals surface area contributed by atoms with Gasteiger partial charge in [-0.2, -0.15) is 11.3 Å². The van der Waals surface area contributed by atoms with Crippen molar-refractivity contribution in [2.75, 3.05) is 27.2 Å². The van der Waals surface area contributed by atoms with Gasteiger partial charge >= 0.3 is 0 Å². The molecule has 2 aromatic rings. The first-order valence-corrected chi connectivity index (χ1v) is 9.77. The van der Waals surface area contributed by atoms with E-state index in [0.717, 1.165) is 5.56 Å². The Bertz CT molecular complexity index is 731. The Labute approximate surface area is 158 Å². The summed E-state index contributed by atoms with van der Waals surface area (Å²) in [5.74, 6) is -0.247. The molecule has 2 heterocycles. The highest BCUT2D eigenvalue weighted by atomic mass is 32.1. The maximum absolute atomic E-state index is 12.6. The van der Waals surface area contributed by atoms with Gasteiger partial charge in [-0.05, 0) is 42.0 Å². The Morgan fingerprint density at radius 3 is 2.73 bits per heavy atom. The second-order valence-corrected chi connectivity index (χ2v) is 7.72. The van der Waals surface area contributed by atoms with Crippen molar-refractivity contribution in [1.82, 2.24) is 15.1 Å². The molecule has 1 fully saturated rings. The molecule has 0 bridgehead atoms. The van der Waals surface area contributed by atoms with Crippen LogP contribution in [0, 0.1) is 5.92 Å². The molecule has 1 saturated heterocycles.